The summed E-state index contributed by atoms with van der Waals surface area (Å²) in [7, 11) is -1.61. The van der Waals surface area contributed by atoms with Gasteiger partial charge in [-0.15, -0.1) is 0 Å². The van der Waals surface area contributed by atoms with E-state index < -0.39 is 15.4 Å². The summed E-state index contributed by atoms with van der Waals surface area (Å²) in [4.78, 5) is 12.2. The molecule has 2 heterocycles. The van der Waals surface area contributed by atoms with Gasteiger partial charge in [0, 0.05) is 26.7 Å². The summed E-state index contributed by atoms with van der Waals surface area (Å²) in [5.41, 5.74) is -0.686. The topological polar surface area (TPSA) is 75.7 Å². The number of nitrogens with zero attached hydrogens (tertiary/aromatic N) is 1. The van der Waals surface area contributed by atoms with Crippen molar-refractivity contribution < 1.29 is 17.9 Å². The van der Waals surface area contributed by atoms with Crippen LogP contribution < -0.4 is 5.32 Å². The lowest BCUT2D eigenvalue weighted by Gasteiger charge is -2.41. The Morgan fingerprint density at radius 1 is 1.37 bits per heavy atom. The molecule has 2 aliphatic heterocycles. The van der Waals surface area contributed by atoms with Gasteiger partial charge in [-0.05, 0) is 25.7 Å². The quantitative estimate of drug-likeness (QED) is 0.774. The fraction of sp³-hybridized carbons (Fsp3) is 0.917. The van der Waals surface area contributed by atoms with Gasteiger partial charge in [-0.2, -0.15) is 0 Å². The molecule has 2 saturated heterocycles. The molecule has 1 aliphatic carbocycles. The second kappa shape index (κ2) is 4.43. The van der Waals surface area contributed by atoms with Crippen LogP contribution in [0.3, 0.4) is 0 Å². The SMILES string of the molecule is CNC(=O)[C@]12CCO[C@H]1CCN(S(=O)(=O)C1CC1)C2. The molecule has 1 saturated carbocycles. The van der Waals surface area contributed by atoms with Crippen molar-refractivity contribution in [3.8, 4) is 0 Å². The van der Waals surface area contributed by atoms with Gasteiger partial charge in [0.1, 0.15) is 0 Å². The molecule has 3 fully saturated rings. The maximum absolute atomic E-state index is 12.3. The van der Waals surface area contributed by atoms with Crippen molar-refractivity contribution in [3.63, 3.8) is 0 Å². The minimum absolute atomic E-state index is 0.0919. The minimum Gasteiger partial charge on any atom is -0.377 e. The average Bonchev–Trinajstić information content (AvgIpc) is 3.17. The summed E-state index contributed by atoms with van der Waals surface area (Å²) >= 11 is 0. The van der Waals surface area contributed by atoms with E-state index in [-0.39, 0.29) is 23.8 Å². The van der Waals surface area contributed by atoms with Crippen LogP contribution in [0.15, 0.2) is 0 Å². The molecule has 0 bridgehead atoms. The second-order valence-corrected chi connectivity index (χ2v) is 7.92. The zero-order valence-corrected chi connectivity index (χ0v) is 11.9. The molecule has 1 N–H and O–H groups in total. The van der Waals surface area contributed by atoms with E-state index in [9.17, 15) is 13.2 Å². The van der Waals surface area contributed by atoms with Crippen LogP contribution in [0.4, 0.5) is 0 Å². The van der Waals surface area contributed by atoms with Gasteiger partial charge < -0.3 is 10.1 Å². The van der Waals surface area contributed by atoms with Crippen LogP contribution in [0.2, 0.25) is 0 Å². The van der Waals surface area contributed by atoms with Crippen molar-refractivity contribution in [3.05, 3.63) is 0 Å². The van der Waals surface area contributed by atoms with E-state index in [0.717, 1.165) is 12.8 Å². The Kier molecular flexibility index (Phi) is 3.11. The predicted octanol–water partition coefficient (Wildman–Crippen LogP) is -0.294. The molecular weight excluding hydrogens is 268 g/mol. The summed E-state index contributed by atoms with van der Waals surface area (Å²) in [6.07, 6.45) is 2.59. The molecule has 0 spiro atoms. The van der Waals surface area contributed by atoms with Crippen molar-refractivity contribution in [1.82, 2.24) is 9.62 Å². The maximum Gasteiger partial charge on any atom is 0.230 e. The lowest BCUT2D eigenvalue weighted by atomic mass is 9.76. The average molecular weight is 288 g/mol. The molecule has 108 valence electrons. The van der Waals surface area contributed by atoms with E-state index >= 15 is 0 Å². The van der Waals surface area contributed by atoms with E-state index in [1.54, 1.807) is 7.05 Å². The molecule has 0 aromatic heterocycles. The monoisotopic (exact) mass is 288 g/mol. The van der Waals surface area contributed by atoms with E-state index in [2.05, 4.69) is 5.32 Å². The molecule has 0 aromatic rings. The molecule has 3 rings (SSSR count). The van der Waals surface area contributed by atoms with Crippen LogP contribution in [0.5, 0.6) is 0 Å². The van der Waals surface area contributed by atoms with Crippen LogP contribution in [-0.4, -0.2) is 56.7 Å². The number of nitrogens with one attached hydrogen (secondary N) is 1. The van der Waals surface area contributed by atoms with Crippen molar-refractivity contribution in [1.29, 1.82) is 0 Å². The molecule has 19 heavy (non-hydrogen) atoms. The standard InChI is InChI=1S/C12H20N2O4S/c1-13-11(15)12-5-7-18-10(12)4-6-14(8-12)19(16,17)9-2-3-9/h9-10H,2-8H2,1H3,(H,13,15)/t10-,12-/m0/s1. The Morgan fingerprint density at radius 3 is 2.74 bits per heavy atom. The van der Waals surface area contributed by atoms with Crippen molar-refractivity contribution in [2.24, 2.45) is 5.41 Å². The smallest absolute Gasteiger partial charge is 0.230 e. The number of carbonyl (C=O) groups is 1. The van der Waals surface area contributed by atoms with Crippen LogP contribution in [0, 0.1) is 5.41 Å². The summed E-state index contributed by atoms with van der Waals surface area (Å²) < 4.78 is 31.8. The van der Waals surface area contributed by atoms with Gasteiger partial charge in [0.25, 0.3) is 0 Å². The minimum atomic E-state index is -3.21. The van der Waals surface area contributed by atoms with E-state index in [0.29, 0.717) is 26.0 Å². The van der Waals surface area contributed by atoms with Gasteiger partial charge in [-0.3, -0.25) is 4.79 Å². The first-order valence-electron chi connectivity index (χ1n) is 6.83. The molecule has 0 aromatic carbocycles. The van der Waals surface area contributed by atoms with E-state index in [4.69, 9.17) is 4.74 Å². The van der Waals surface area contributed by atoms with Crippen LogP contribution >= 0.6 is 0 Å². The van der Waals surface area contributed by atoms with Gasteiger partial charge >= 0.3 is 0 Å². The van der Waals surface area contributed by atoms with Crippen molar-refractivity contribution in [2.75, 3.05) is 26.7 Å². The van der Waals surface area contributed by atoms with Gasteiger partial charge in [-0.25, -0.2) is 12.7 Å². The number of fused-ring (bicyclic) bond motifs is 1. The Labute approximate surface area is 113 Å². The molecule has 1 amide bonds. The Balaban J connectivity index is 1.87. The van der Waals surface area contributed by atoms with Gasteiger partial charge in [-0.1, -0.05) is 0 Å². The number of hydrogen-bond acceptors (Lipinski definition) is 4. The normalized spacial score (nSPS) is 35.9. The highest BCUT2D eigenvalue weighted by Gasteiger charge is 2.56. The first-order chi connectivity index (χ1) is 9.00. The van der Waals surface area contributed by atoms with Crippen molar-refractivity contribution >= 4 is 15.9 Å². The molecule has 3 aliphatic rings. The fourth-order valence-electron chi connectivity index (χ4n) is 3.27. The summed E-state index contributed by atoms with van der Waals surface area (Å²) in [5.74, 6) is -0.0919. The maximum atomic E-state index is 12.3. The highest BCUT2D eigenvalue weighted by Crippen LogP contribution is 2.43. The molecule has 6 nitrogen and oxygen atoms in total. The Bertz CT molecular complexity index is 488. The molecule has 0 unspecified atom stereocenters. The van der Waals surface area contributed by atoms with Crippen LogP contribution in [0.25, 0.3) is 0 Å². The van der Waals surface area contributed by atoms with Crippen LogP contribution in [-0.2, 0) is 19.6 Å². The highest BCUT2D eigenvalue weighted by molar-refractivity contribution is 7.90. The van der Waals surface area contributed by atoms with Gasteiger partial charge in [0.15, 0.2) is 0 Å². The number of carbonyl (C=O) groups excluding carboxylic acids is 1. The molecule has 0 radical (unpaired) electrons. The number of sulfonamides is 1. The first kappa shape index (κ1) is 13.3. The number of amides is 1. The summed E-state index contributed by atoms with van der Waals surface area (Å²) in [5, 5.41) is 2.46. The zero-order valence-electron chi connectivity index (χ0n) is 11.1. The zero-order chi connectivity index (χ0) is 13.7. The van der Waals surface area contributed by atoms with Gasteiger partial charge in [0.2, 0.25) is 15.9 Å². The lowest BCUT2D eigenvalue weighted by Crippen LogP contribution is -2.58. The number of piperidine rings is 1. The molecule has 2 atom stereocenters. The number of ether oxygens (including phenoxy) is 1. The summed E-state index contributed by atoms with van der Waals surface area (Å²) in [6.45, 7) is 1.29. The largest absolute Gasteiger partial charge is 0.377 e. The first-order valence-corrected chi connectivity index (χ1v) is 8.34. The van der Waals surface area contributed by atoms with Gasteiger partial charge in [0.05, 0.1) is 16.8 Å². The third kappa shape index (κ3) is 1.98. The number of rotatable bonds is 3. The third-order valence-electron chi connectivity index (χ3n) is 4.57. The van der Waals surface area contributed by atoms with Crippen LogP contribution in [0.1, 0.15) is 25.7 Å². The number of hydrogen-bond donors (Lipinski definition) is 1. The molecular formula is C12H20N2O4S. The van der Waals surface area contributed by atoms with Crippen molar-refractivity contribution in [2.45, 2.75) is 37.0 Å². The molecule has 7 heteroatoms. The third-order valence-corrected chi connectivity index (χ3v) is 6.91. The van der Waals surface area contributed by atoms with E-state index in [1.165, 1.54) is 4.31 Å². The lowest BCUT2D eigenvalue weighted by molar-refractivity contribution is -0.136. The summed E-state index contributed by atoms with van der Waals surface area (Å²) in [6, 6.07) is 0. The fourth-order valence-corrected chi connectivity index (χ4v) is 5.20. The highest BCUT2D eigenvalue weighted by atomic mass is 32.2. The Hall–Kier alpha value is -0.660. The second-order valence-electron chi connectivity index (χ2n) is 5.71. The predicted molar refractivity (Wildman–Crippen MR) is 69.0 cm³/mol. The Morgan fingerprint density at radius 2 is 2.11 bits per heavy atom. The van der Waals surface area contributed by atoms with E-state index in [1.807, 2.05) is 0 Å².